The number of H-pyrrole nitrogens is 1. The van der Waals surface area contributed by atoms with Crippen molar-refractivity contribution in [2.75, 3.05) is 5.73 Å². The largest absolute Gasteiger partial charge is 0.478 e. The zero-order valence-corrected chi connectivity index (χ0v) is 11.0. The van der Waals surface area contributed by atoms with Crippen LogP contribution in [0.5, 0.6) is 0 Å². The van der Waals surface area contributed by atoms with Crippen LogP contribution < -0.4 is 5.73 Å². The van der Waals surface area contributed by atoms with Crippen molar-refractivity contribution in [3.05, 3.63) is 17.3 Å². The first-order valence-corrected chi connectivity index (χ1v) is 7.28. The van der Waals surface area contributed by atoms with Gasteiger partial charge in [0.25, 0.3) is 0 Å². The molecule has 1 aromatic rings. The first kappa shape index (κ1) is 11.4. The smallest absolute Gasteiger partial charge is 0.339 e. The molecule has 1 aromatic heterocycles. The van der Waals surface area contributed by atoms with Gasteiger partial charge in [0, 0.05) is 11.1 Å². The summed E-state index contributed by atoms with van der Waals surface area (Å²) in [6.45, 7) is 0. The summed E-state index contributed by atoms with van der Waals surface area (Å²) in [6, 6.07) is 1.80. The highest BCUT2D eigenvalue weighted by atomic mass is 16.4. The molecule has 4 saturated carbocycles. The average Bonchev–Trinajstić information content (AvgIpc) is 2.70. The molecule has 0 saturated heterocycles. The highest BCUT2D eigenvalue weighted by Crippen LogP contribution is 2.60. The molecule has 0 amide bonds. The molecule has 4 N–H and O–H groups in total. The van der Waals surface area contributed by atoms with Gasteiger partial charge < -0.3 is 15.8 Å². The highest BCUT2D eigenvalue weighted by Gasteiger charge is 2.52. The van der Waals surface area contributed by atoms with Crippen molar-refractivity contribution in [3.8, 4) is 0 Å². The predicted octanol–water partition coefficient (Wildman–Crippen LogP) is 2.76. The van der Waals surface area contributed by atoms with E-state index in [0.29, 0.717) is 5.82 Å². The summed E-state index contributed by atoms with van der Waals surface area (Å²) < 4.78 is 0. The zero-order chi connectivity index (χ0) is 13.2. The van der Waals surface area contributed by atoms with Gasteiger partial charge in [0.05, 0.1) is 0 Å². The molecule has 19 heavy (non-hydrogen) atoms. The highest BCUT2D eigenvalue weighted by molar-refractivity contribution is 5.93. The van der Waals surface area contributed by atoms with Gasteiger partial charge in [-0.05, 0) is 62.3 Å². The quantitative estimate of drug-likeness (QED) is 0.765. The SMILES string of the molecule is Nc1[nH]c(C23CC4CC(CC(C4)C2)C3)cc1C(=O)O. The Morgan fingerprint density at radius 2 is 1.74 bits per heavy atom. The summed E-state index contributed by atoms with van der Waals surface area (Å²) in [4.78, 5) is 14.3. The van der Waals surface area contributed by atoms with Crippen LogP contribution in [0.15, 0.2) is 6.07 Å². The molecule has 0 unspecified atom stereocenters. The number of hydrogen-bond donors (Lipinski definition) is 3. The Labute approximate surface area is 112 Å². The van der Waals surface area contributed by atoms with Gasteiger partial charge in [-0.3, -0.25) is 0 Å². The molecule has 4 bridgehead atoms. The van der Waals surface area contributed by atoms with E-state index < -0.39 is 5.97 Å². The number of carbonyl (C=O) groups is 1. The molecule has 0 atom stereocenters. The van der Waals surface area contributed by atoms with Crippen molar-refractivity contribution in [2.24, 2.45) is 17.8 Å². The molecule has 0 aliphatic heterocycles. The summed E-state index contributed by atoms with van der Waals surface area (Å²) in [5.41, 5.74) is 7.34. The van der Waals surface area contributed by atoms with Crippen molar-refractivity contribution in [2.45, 2.75) is 43.9 Å². The number of nitrogen functional groups attached to an aromatic ring is 1. The second-order valence-corrected chi connectivity index (χ2v) is 7.01. The first-order valence-electron chi connectivity index (χ1n) is 7.28. The minimum Gasteiger partial charge on any atom is -0.478 e. The second-order valence-electron chi connectivity index (χ2n) is 7.01. The Hall–Kier alpha value is -1.45. The molecule has 4 heteroatoms. The van der Waals surface area contributed by atoms with Crippen LogP contribution >= 0.6 is 0 Å². The van der Waals surface area contributed by atoms with E-state index in [-0.39, 0.29) is 11.0 Å². The van der Waals surface area contributed by atoms with E-state index in [2.05, 4.69) is 4.98 Å². The van der Waals surface area contributed by atoms with Crippen LogP contribution in [-0.2, 0) is 5.41 Å². The number of anilines is 1. The summed E-state index contributed by atoms with van der Waals surface area (Å²) in [7, 11) is 0. The standard InChI is InChI=1S/C15H20N2O2/c16-13-11(14(18)19)4-12(17-13)15-5-8-1-9(6-15)3-10(2-8)7-15/h4,8-10,17H,1-3,5-7,16H2,(H,18,19). The third kappa shape index (κ3) is 1.55. The Morgan fingerprint density at radius 3 is 2.16 bits per heavy atom. The minimum absolute atomic E-state index is 0.191. The zero-order valence-electron chi connectivity index (χ0n) is 11.0. The Bertz CT molecular complexity index is 511. The normalized spacial score (nSPS) is 39.7. The third-order valence-corrected chi connectivity index (χ3v) is 5.69. The molecule has 5 rings (SSSR count). The second kappa shape index (κ2) is 3.56. The van der Waals surface area contributed by atoms with Gasteiger partial charge in [0.15, 0.2) is 0 Å². The van der Waals surface area contributed by atoms with E-state index >= 15 is 0 Å². The van der Waals surface area contributed by atoms with Gasteiger partial charge >= 0.3 is 5.97 Å². The van der Waals surface area contributed by atoms with Crippen LogP contribution in [0.4, 0.5) is 5.82 Å². The average molecular weight is 260 g/mol. The maximum atomic E-state index is 11.2. The lowest BCUT2D eigenvalue weighted by atomic mass is 9.49. The van der Waals surface area contributed by atoms with E-state index in [1.54, 1.807) is 6.07 Å². The summed E-state index contributed by atoms with van der Waals surface area (Å²) >= 11 is 0. The molecule has 102 valence electrons. The van der Waals surface area contributed by atoms with Crippen LogP contribution in [-0.4, -0.2) is 16.1 Å². The molecule has 4 nitrogen and oxygen atoms in total. The van der Waals surface area contributed by atoms with Gasteiger partial charge in [-0.2, -0.15) is 0 Å². The van der Waals surface area contributed by atoms with Crippen molar-refractivity contribution in [1.82, 2.24) is 4.98 Å². The van der Waals surface area contributed by atoms with Gasteiger partial charge in [-0.15, -0.1) is 0 Å². The van der Waals surface area contributed by atoms with Crippen LogP contribution in [0, 0.1) is 17.8 Å². The number of aromatic amines is 1. The number of hydrogen-bond acceptors (Lipinski definition) is 2. The number of carboxylic acid groups (broad SMARTS) is 1. The minimum atomic E-state index is -0.926. The Balaban J connectivity index is 1.75. The van der Waals surface area contributed by atoms with Gasteiger partial charge in [-0.1, -0.05) is 0 Å². The van der Waals surface area contributed by atoms with Crippen molar-refractivity contribution >= 4 is 11.8 Å². The maximum absolute atomic E-state index is 11.2. The Kier molecular flexibility index (Phi) is 2.13. The van der Waals surface area contributed by atoms with Crippen molar-refractivity contribution in [3.63, 3.8) is 0 Å². The van der Waals surface area contributed by atoms with Crippen molar-refractivity contribution < 1.29 is 9.90 Å². The molecule has 0 aromatic carbocycles. The predicted molar refractivity (Wildman–Crippen MR) is 72.0 cm³/mol. The van der Waals surface area contributed by atoms with E-state index in [0.717, 1.165) is 23.4 Å². The molecular weight excluding hydrogens is 240 g/mol. The lowest BCUT2D eigenvalue weighted by Crippen LogP contribution is -2.48. The molecule has 4 aliphatic rings. The monoisotopic (exact) mass is 260 g/mol. The summed E-state index contributed by atoms with van der Waals surface area (Å²) in [6.07, 6.45) is 7.83. The van der Waals surface area contributed by atoms with Crippen LogP contribution in [0.25, 0.3) is 0 Å². The number of carboxylic acids is 1. The summed E-state index contributed by atoms with van der Waals surface area (Å²) in [5.74, 6) is 1.94. The topological polar surface area (TPSA) is 79.1 Å². The molecule has 1 heterocycles. The van der Waals surface area contributed by atoms with Crippen molar-refractivity contribution in [1.29, 1.82) is 0 Å². The maximum Gasteiger partial charge on any atom is 0.339 e. The summed E-state index contributed by atoms with van der Waals surface area (Å²) in [5, 5.41) is 9.16. The van der Waals surface area contributed by atoms with Crippen LogP contribution in [0.3, 0.4) is 0 Å². The number of rotatable bonds is 2. The molecule has 0 radical (unpaired) electrons. The lowest BCUT2D eigenvalue weighted by molar-refractivity contribution is -0.00693. The van der Waals surface area contributed by atoms with Crippen LogP contribution in [0.1, 0.15) is 54.6 Å². The molecule has 4 aliphatic carbocycles. The molecule has 0 spiro atoms. The lowest BCUT2D eigenvalue weighted by Gasteiger charge is -2.56. The number of nitrogens with two attached hydrogens (primary N) is 1. The van der Waals surface area contributed by atoms with E-state index in [4.69, 9.17) is 10.8 Å². The molecular formula is C15H20N2O2. The fourth-order valence-electron chi connectivity index (χ4n) is 5.37. The fraction of sp³-hybridized carbons (Fsp3) is 0.667. The van der Waals surface area contributed by atoms with E-state index in [1.165, 1.54) is 38.5 Å². The fourth-order valence-corrected chi connectivity index (χ4v) is 5.37. The number of aromatic nitrogens is 1. The van der Waals surface area contributed by atoms with E-state index in [1.807, 2.05) is 0 Å². The third-order valence-electron chi connectivity index (χ3n) is 5.69. The number of aromatic carboxylic acids is 1. The van der Waals surface area contributed by atoms with Crippen LogP contribution in [0.2, 0.25) is 0 Å². The first-order chi connectivity index (χ1) is 9.06. The van der Waals surface area contributed by atoms with Gasteiger partial charge in [-0.25, -0.2) is 4.79 Å². The molecule has 4 fully saturated rings. The van der Waals surface area contributed by atoms with Gasteiger partial charge in [0.2, 0.25) is 0 Å². The Morgan fingerprint density at radius 1 is 1.21 bits per heavy atom. The number of nitrogens with one attached hydrogen (secondary N) is 1. The van der Waals surface area contributed by atoms with Gasteiger partial charge in [0.1, 0.15) is 11.4 Å². The van der Waals surface area contributed by atoms with E-state index in [9.17, 15) is 4.79 Å².